The minimum atomic E-state index is -1.09. The molecule has 8 heteroatoms. The first-order valence-corrected chi connectivity index (χ1v) is 7.88. The third-order valence-electron chi connectivity index (χ3n) is 4.53. The van der Waals surface area contributed by atoms with Crippen LogP contribution in [0.5, 0.6) is 5.75 Å². The molecule has 1 heterocycles. The van der Waals surface area contributed by atoms with Gasteiger partial charge in [-0.1, -0.05) is 12.5 Å². The monoisotopic (exact) mass is 331 g/mol. The van der Waals surface area contributed by atoms with Gasteiger partial charge in [-0.05, 0) is 37.8 Å². The molecule has 0 unspecified atom stereocenters. The summed E-state index contributed by atoms with van der Waals surface area (Å²) in [5.74, 6) is -0.546. The molecular weight excluding hydrogens is 310 g/mol. The van der Waals surface area contributed by atoms with Crippen LogP contribution < -0.4 is 21.1 Å². The molecule has 0 saturated heterocycles. The molecule has 2 aliphatic rings. The predicted molar refractivity (Wildman–Crippen MR) is 91.5 cm³/mol. The van der Waals surface area contributed by atoms with Gasteiger partial charge in [0.05, 0.1) is 12.8 Å². The lowest BCUT2D eigenvalue weighted by Gasteiger charge is -2.46. The zero-order chi connectivity index (χ0) is 17.3. The van der Waals surface area contributed by atoms with Crippen LogP contribution in [0.2, 0.25) is 0 Å². The molecule has 24 heavy (non-hydrogen) atoms. The highest BCUT2D eigenvalue weighted by Crippen LogP contribution is 2.42. The third-order valence-corrected chi connectivity index (χ3v) is 4.53. The third kappa shape index (κ3) is 2.53. The smallest absolute Gasteiger partial charge is 0.341 e. The second-order valence-corrected chi connectivity index (χ2v) is 5.98. The van der Waals surface area contributed by atoms with E-state index >= 15 is 0 Å². The van der Waals surface area contributed by atoms with Crippen LogP contribution in [0, 0.1) is 0 Å². The van der Waals surface area contributed by atoms with E-state index in [-0.39, 0.29) is 23.2 Å². The standard InChI is InChI=1S/C16H21N5O3/c1-24-11-7-5-6-10(12(11)13(22)23)21-15(18)19-14(17)20-16(21)8-3-2-4-9-16/h5-7H,2-4,8-9H2,1H3,(H,22,23)(H4,17,18,19,20). The Labute approximate surface area is 139 Å². The topological polar surface area (TPSA) is 127 Å². The summed E-state index contributed by atoms with van der Waals surface area (Å²) in [6, 6.07) is 5.03. The van der Waals surface area contributed by atoms with Gasteiger partial charge in [-0.15, -0.1) is 0 Å². The Morgan fingerprint density at radius 3 is 2.62 bits per heavy atom. The number of anilines is 1. The van der Waals surface area contributed by atoms with Crippen LogP contribution in [0.25, 0.3) is 0 Å². The van der Waals surface area contributed by atoms with Crippen molar-refractivity contribution in [3.8, 4) is 5.75 Å². The molecule has 8 nitrogen and oxygen atoms in total. The van der Waals surface area contributed by atoms with Crippen molar-refractivity contribution < 1.29 is 14.6 Å². The van der Waals surface area contributed by atoms with Crippen molar-refractivity contribution in [3.63, 3.8) is 0 Å². The SMILES string of the molecule is COc1cccc(N2C(N)=NC(N)=NC23CCCCC3)c1C(=O)O. The van der Waals surface area contributed by atoms with E-state index in [0.29, 0.717) is 5.69 Å². The largest absolute Gasteiger partial charge is 0.496 e. The lowest BCUT2D eigenvalue weighted by atomic mass is 9.87. The van der Waals surface area contributed by atoms with Gasteiger partial charge in [0.25, 0.3) is 0 Å². The summed E-state index contributed by atoms with van der Waals surface area (Å²) in [6.45, 7) is 0. The Balaban J connectivity index is 2.19. The Morgan fingerprint density at radius 2 is 2.00 bits per heavy atom. The van der Waals surface area contributed by atoms with Crippen molar-refractivity contribution in [2.75, 3.05) is 12.0 Å². The van der Waals surface area contributed by atoms with Crippen molar-refractivity contribution in [1.29, 1.82) is 0 Å². The van der Waals surface area contributed by atoms with E-state index in [1.165, 1.54) is 7.11 Å². The number of benzene rings is 1. The predicted octanol–water partition coefficient (Wildman–Crippen LogP) is 1.50. The van der Waals surface area contributed by atoms with E-state index in [1.54, 1.807) is 23.1 Å². The zero-order valence-corrected chi connectivity index (χ0v) is 13.5. The van der Waals surface area contributed by atoms with Crippen molar-refractivity contribution in [2.45, 2.75) is 37.8 Å². The lowest BCUT2D eigenvalue weighted by Crippen LogP contribution is -2.58. The fraction of sp³-hybridized carbons (Fsp3) is 0.438. The van der Waals surface area contributed by atoms with Crippen molar-refractivity contribution in [3.05, 3.63) is 23.8 Å². The fourth-order valence-corrected chi connectivity index (χ4v) is 3.56. The summed E-state index contributed by atoms with van der Waals surface area (Å²) in [5.41, 5.74) is 11.8. The molecule has 128 valence electrons. The number of aliphatic imine (C=N–C) groups is 2. The molecule has 1 aliphatic carbocycles. The number of carboxylic acids is 1. The van der Waals surface area contributed by atoms with Gasteiger partial charge in [-0.3, -0.25) is 4.90 Å². The molecule has 1 saturated carbocycles. The lowest BCUT2D eigenvalue weighted by molar-refractivity contribution is 0.0694. The van der Waals surface area contributed by atoms with Gasteiger partial charge >= 0.3 is 5.97 Å². The Morgan fingerprint density at radius 1 is 1.29 bits per heavy atom. The number of hydrogen-bond donors (Lipinski definition) is 3. The molecule has 0 atom stereocenters. The van der Waals surface area contributed by atoms with E-state index in [2.05, 4.69) is 9.98 Å². The minimum Gasteiger partial charge on any atom is -0.496 e. The first-order chi connectivity index (χ1) is 11.5. The van der Waals surface area contributed by atoms with Gasteiger partial charge in [-0.2, -0.15) is 4.99 Å². The van der Waals surface area contributed by atoms with Gasteiger partial charge in [0, 0.05) is 0 Å². The molecule has 1 aromatic carbocycles. The number of carbonyl (C=O) groups is 1. The van der Waals surface area contributed by atoms with Gasteiger partial charge in [-0.25, -0.2) is 9.79 Å². The molecular formula is C16H21N5O3. The number of nitrogens with zero attached hydrogens (tertiary/aromatic N) is 3. The number of methoxy groups -OCH3 is 1. The number of aromatic carboxylic acids is 1. The van der Waals surface area contributed by atoms with E-state index in [9.17, 15) is 9.90 Å². The number of hydrogen-bond acceptors (Lipinski definition) is 7. The second-order valence-electron chi connectivity index (χ2n) is 5.98. The molecule has 3 rings (SSSR count). The van der Waals surface area contributed by atoms with Gasteiger partial charge < -0.3 is 21.3 Å². The van der Waals surface area contributed by atoms with Crippen molar-refractivity contribution in [2.24, 2.45) is 21.5 Å². The zero-order valence-electron chi connectivity index (χ0n) is 13.5. The highest BCUT2D eigenvalue weighted by atomic mass is 16.5. The van der Waals surface area contributed by atoms with E-state index in [0.717, 1.165) is 32.1 Å². The molecule has 0 radical (unpaired) electrons. The molecule has 1 aromatic rings. The number of rotatable bonds is 3. The number of guanidine groups is 2. The first-order valence-electron chi connectivity index (χ1n) is 7.88. The summed E-state index contributed by atoms with van der Waals surface area (Å²) in [5, 5.41) is 9.69. The van der Waals surface area contributed by atoms with Gasteiger partial charge in [0.1, 0.15) is 17.0 Å². The quantitative estimate of drug-likeness (QED) is 0.770. The Hall–Kier alpha value is -2.77. The molecule has 0 aromatic heterocycles. The van der Waals surface area contributed by atoms with Crippen LogP contribution in [0.4, 0.5) is 5.69 Å². The molecule has 1 fully saturated rings. The van der Waals surface area contributed by atoms with E-state index in [4.69, 9.17) is 16.2 Å². The molecule has 5 N–H and O–H groups in total. The molecule has 0 bridgehead atoms. The van der Waals surface area contributed by atoms with Crippen LogP contribution >= 0.6 is 0 Å². The summed E-state index contributed by atoms with van der Waals surface area (Å²) in [6.07, 6.45) is 4.51. The Kier molecular flexibility index (Phi) is 4.04. The normalized spacial score (nSPS) is 19.6. The average Bonchev–Trinajstić information content (AvgIpc) is 2.54. The minimum absolute atomic E-state index is 0.0405. The Bertz CT molecular complexity index is 722. The summed E-state index contributed by atoms with van der Waals surface area (Å²) < 4.78 is 5.22. The first kappa shape index (κ1) is 16.1. The van der Waals surface area contributed by atoms with Crippen molar-refractivity contribution >= 4 is 23.6 Å². The van der Waals surface area contributed by atoms with Crippen LogP contribution in [0.1, 0.15) is 42.5 Å². The van der Waals surface area contributed by atoms with Crippen LogP contribution in [-0.4, -0.2) is 35.8 Å². The number of carboxylic acid groups (broad SMARTS) is 1. The summed E-state index contributed by atoms with van der Waals surface area (Å²) in [7, 11) is 1.44. The maximum absolute atomic E-state index is 11.8. The van der Waals surface area contributed by atoms with Crippen molar-refractivity contribution in [1.82, 2.24) is 0 Å². The average molecular weight is 331 g/mol. The summed E-state index contributed by atoms with van der Waals surface area (Å²) >= 11 is 0. The summed E-state index contributed by atoms with van der Waals surface area (Å²) in [4.78, 5) is 22.2. The maximum atomic E-state index is 11.8. The maximum Gasteiger partial charge on any atom is 0.341 e. The molecule has 0 amide bonds. The molecule has 1 spiro atoms. The number of nitrogens with two attached hydrogens (primary N) is 2. The molecule has 1 aliphatic heterocycles. The van der Waals surface area contributed by atoms with Crippen LogP contribution in [0.15, 0.2) is 28.2 Å². The van der Waals surface area contributed by atoms with Gasteiger partial charge in [0.2, 0.25) is 11.9 Å². The van der Waals surface area contributed by atoms with E-state index in [1.807, 2.05) is 0 Å². The number of ether oxygens (including phenoxy) is 1. The van der Waals surface area contributed by atoms with Crippen LogP contribution in [0.3, 0.4) is 0 Å². The van der Waals surface area contributed by atoms with Crippen LogP contribution in [-0.2, 0) is 0 Å². The van der Waals surface area contributed by atoms with E-state index < -0.39 is 11.6 Å². The fourth-order valence-electron chi connectivity index (χ4n) is 3.56. The second kappa shape index (κ2) is 6.03. The highest BCUT2D eigenvalue weighted by Gasteiger charge is 2.44. The van der Waals surface area contributed by atoms with Gasteiger partial charge in [0.15, 0.2) is 0 Å². The highest BCUT2D eigenvalue weighted by molar-refractivity contribution is 6.09.